The standard InChI is InChI=1S/C12H11N3O2/c1-9-3-2-4-10(7-9)15-11(16)8-14(6-5-13)12(15)17/h2-4,7H,6,8H2,1H3. The van der Waals surface area contributed by atoms with E-state index >= 15 is 0 Å². The molecule has 1 aliphatic rings. The molecular weight excluding hydrogens is 218 g/mol. The second-order valence-electron chi connectivity index (χ2n) is 3.86. The topological polar surface area (TPSA) is 64.4 Å². The molecule has 5 heteroatoms. The van der Waals surface area contributed by atoms with Gasteiger partial charge in [0.15, 0.2) is 0 Å². The Labute approximate surface area is 98.9 Å². The number of imide groups is 1. The molecule has 0 bridgehead atoms. The van der Waals surface area contributed by atoms with Gasteiger partial charge >= 0.3 is 6.03 Å². The summed E-state index contributed by atoms with van der Waals surface area (Å²) in [5.41, 5.74) is 1.53. The molecule has 1 saturated heterocycles. The minimum atomic E-state index is -0.429. The second-order valence-corrected chi connectivity index (χ2v) is 3.86. The minimum Gasteiger partial charge on any atom is -0.301 e. The van der Waals surface area contributed by atoms with Crippen LogP contribution in [0.4, 0.5) is 10.5 Å². The van der Waals surface area contributed by atoms with E-state index in [9.17, 15) is 9.59 Å². The van der Waals surface area contributed by atoms with Crippen molar-refractivity contribution in [3.63, 3.8) is 0 Å². The zero-order chi connectivity index (χ0) is 12.4. The molecule has 5 nitrogen and oxygen atoms in total. The molecule has 86 valence electrons. The van der Waals surface area contributed by atoms with Crippen LogP contribution in [0.2, 0.25) is 0 Å². The van der Waals surface area contributed by atoms with Gasteiger partial charge < -0.3 is 4.90 Å². The predicted octanol–water partition coefficient (Wildman–Crippen LogP) is 1.29. The number of hydrogen-bond donors (Lipinski definition) is 0. The van der Waals surface area contributed by atoms with Gasteiger partial charge in [0.05, 0.1) is 11.8 Å². The van der Waals surface area contributed by atoms with Gasteiger partial charge in [-0.15, -0.1) is 0 Å². The lowest BCUT2D eigenvalue weighted by Gasteiger charge is -2.15. The van der Waals surface area contributed by atoms with Gasteiger partial charge in [0.1, 0.15) is 13.1 Å². The fourth-order valence-corrected chi connectivity index (χ4v) is 1.78. The van der Waals surface area contributed by atoms with Crippen LogP contribution in [0.5, 0.6) is 0 Å². The Morgan fingerprint density at radius 1 is 1.41 bits per heavy atom. The van der Waals surface area contributed by atoms with Crippen molar-refractivity contribution in [1.29, 1.82) is 5.26 Å². The molecule has 17 heavy (non-hydrogen) atoms. The van der Waals surface area contributed by atoms with Gasteiger partial charge in [-0.1, -0.05) is 12.1 Å². The number of rotatable bonds is 2. The number of aryl methyl sites for hydroxylation is 1. The first kappa shape index (κ1) is 11.1. The quantitative estimate of drug-likeness (QED) is 0.567. The molecule has 0 aliphatic carbocycles. The molecule has 3 amide bonds. The molecule has 0 N–H and O–H groups in total. The summed E-state index contributed by atoms with van der Waals surface area (Å²) in [4.78, 5) is 26.0. The number of benzene rings is 1. The zero-order valence-corrected chi connectivity index (χ0v) is 9.38. The van der Waals surface area contributed by atoms with Crippen molar-refractivity contribution in [2.75, 3.05) is 18.0 Å². The average Bonchev–Trinajstić information content (AvgIpc) is 2.55. The van der Waals surface area contributed by atoms with Crippen LogP contribution < -0.4 is 4.90 Å². The molecule has 0 atom stereocenters. The maximum atomic E-state index is 11.9. The minimum absolute atomic E-state index is 0.0274. The number of anilines is 1. The molecular formula is C12H11N3O2. The summed E-state index contributed by atoms with van der Waals surface area (Å²) in [5, 5.41) is 8.56. The van der Waals surface area contributed by atoms with Crippen LogP contribution in [0.25, 0.3) is 0 Å². The first-order valence-corrected chi connectivity index (χ1v) is 5.19. The van der Waals surface area contributed by atoms with E-state index in [0.717, 1.165) is 10.5 Å². The summed E-state index contributed by atoms with van der Waals surface area (Å²) in [7, 11) is 0. The molecule has 0 spiro atoms. The molecule has 0 aromatic heterocycles. The predicted molar refractivity (Wildman–Crippen MR) is 61.2 cm³/mol. The third-order valence-corrected chi connectivity index (χ3v) is 2.56. The molecule has 0 saturated carbocycles. The number of urea groups is 1. The molecule has 1 aliphatic heterocycles. The van der Waals surface area contributed by atoms with E-state index in [2.05, 4.69) is 0 Å². The van der Waals surface area contributed by atoms with Gasteiger partial charge in [0, 0.05) is 0 Å². The molecule has 1 heterocycles. The molecule has 1 aromatic rings. The SMILES string of the molecule is Cc1cccc(N2C(=O)CN(CC#N)C2=O)c1. The van der Waals surface area contributed by atoms with Crippen molar-refractivity contribution in [2.24, 2.45) is 0 Å². The zero-order valence-electron chi connectivity index (χ0n) is 9.38. The Hall–Kier alpha value is -2.35. The van der Waals surface area contributed by atoms with Crippen LogP contribution in [0, 0.1) is 18.3 Å². The van der Waals surface area contributed by atoms with Crippen molar-refractivity contribution in [3.05, 3.63) is 29.8 Å². The Morgan fingerprint density at radius 2 is 2.18 bits per heavy atom. The Morgan fingerprint density at radius 3 is 2.82 bits per heavy atom. The van der Waals surface area contributed by atoms with Gasteiger partial charge in [0.25, 0.3) is 5.91 Å². The molecule has 2 rings (SSSR count). The van der Waals surface area contributed by atoms with E-state index < -0.39 is 6.03 Å². The molecule has 1 fully saturated rings. The third-order valence-electron chi connectivity index (χ3n) is 2.56. The van der Waals surface area contributed by atoms with E-state index in [4.69, 9.17) is 5.26 Å². The summed E-state index contributed by atoms with van der Waals surface area (Å²) in [5.74, 6) is -0.296. The maximum Gasteiger partial charge on any atom is 0.332 e. The lowest BCUT2D eigenvalue weighted by Crippen LogP contribution is -2.33. The van der Waals surface area contributed by atoms with Gasteiger partial charge in [-0.2, -0.15) is 5.26 Å². The summed E-state index contributed by atoms with van der Waals surface area (Å²) < 4.78 is 0. The second kappa shape index (κ2) is 4.26. The van der Waals surface area contributed by atoms with E-state index in [-0.39, 0.29) is 19.0 Å². The third kappa shape index (κ3) is 1.97. The van der Waals surface area contributed by atoms with Crippen LogP contribution in [-0.2, 0) is 4.79 Å². The monoisotopic (exact) mass is 229 g/mol. The van der Waals surface area contributed by atoms with Crippen molar-refractivity contribution in [1.82, 2.24) is 4.90 Å². The normalized spacial score (nSPS) is 15.3. The van der Waals surface area contributed by atoms with Gasteiger partial charge in [-0.05, 0) is 24.6 Å². The van der Waals surface area contributed by atoms with Crippen molar-refractivity contribution >= 4 is 17.6 Å². The molecule has 0 unspecified atom stereocenters. The van der Waals surface area contributed by atoms with Crippen LogP contribution in [0.3, 0.4) is 0 Å². The summed E-state index contributed by atoms with van der Waals surface area (Å²) >= 11 is 0. The number of nitrogens with zero attached hydrogens (tertiary/aromatic N) is 3. The number of hydrogen-bond acceptors (Lipinski definition) is 3. The van der Waals surface area contributed by atoms with Crippen molar-refractivity contribution < 1.29 is 9.59 Å². The summed E-state index contributed by atoms with van der Waals surface area (Å²) in [6, 6.07) is 8.60. The van der Waals surface area contributed by atoms with Crippen LogP contribution >= 0.6 is 0 Å². The largest absolute Gasteiger partial charge is 0.332 e. The highest BCUT2D eigenvalue weighted by molar-refractivity contribution is 6.19. The van der Waals surface area contributed by atoms with Gasteiger partial charge in [-0.3, -0.25) is 4.79 Å². The van der Waals surface area contributed by atoms with E-state index in [1.54, 1.807) is 18.2 Å². The average molecular weight is 229 g/mol. The smallest absolute Gasteiger partial charge is 0.301 e. The number of nitriles is 1. The summed E-state index contributed by atoms with van der Waals surface area (Å²) in [6.45, 7) is 1.80. The highest BCUT2D eigenvalue weighted by atomic mass is 16.2. The highest BCUT2D eigenvalue weighted by Crippen LogP contribution is 2.21. The van der Waals surface area contributed by atoms with Crippen LogP contribution in [-0.4, -0.2) is 29.9 Å². The lowest BCUT2D eigenvalue weighted by molar-refractivity contribution is -0.116. The first-order valence-electron chi connectivity index (χ1n) is 5.19. The lowest BCUT2D eigenvalue weighted by atomic mass is 10.2. The van der Waals surface area contributed by atoms with Gasteiger partial charge in [0.2, 0.25) is 0 Å². The summed E-state index contributed by atoms with van der Waals surface area (Å²) in [6.07, 6.45) is 0. The number of carbonyl (C=O) groups is 2. The van der Waals surface area contributed by atoms with E-state index in [0.29, 0.717) is 5.69 Å². The fraction of sp³-hybridized carbons (Fsp3) is 0.250. The maximum absolute atomic E-state index is 11.9. The Bertz CT molecular complexity index is 519. The number of carbonyl (C=O) groups excluding carboxylic acids is 2. The van der Waals surface area contributed by atoms with E-state index in [1.807, 2.05) is 19.1 Å². The van der Waals surface area contributed by atoms with Crippen molar-refractivity contribution in [2.45, 2.75) is 6.92 Å². The first-order chi connectivity index (χ1) is 8.13. The van der Waals surface area contributed by atoms with Crippen molar-refractivity contribution in [3.8, 4) is 6.07 Å². The van der Waals surface area contributed by atoms with Crippen LogP contribution in [0.1, 0.15) is 5.56 Å². The fourth-order valence-electron chi connectivity index (χ4n) is 1.78. The molecule has 0 radical (unpaired) electrons. The Balaban J connectivity index is 2.31. The van der Waals surface area contributed by atoms with Gasteiger partial charge in [-0.25, -0.2) is 9.69 Å². The molecule has 1 aromatic carbocycles. The Kier molecular flexibility index (Phi) is 2.79. The highest BCUT2D eigenvalue weighted by Gasteiger charge is 2.36. The number of amides is 3. The van der Waals surface area contributed by atoms with E-state index in [1.165, 1.54) is 4.90 Å². The van der Waals surface area contributed by atoms with Crippen LogP contribution in [0.15, 0.2) is 24.3 Å².